The van der Waals surface area contributed by atoms with E-state index in [0.29, 0.717) is 5.69 Å². The largest absolute Gasteiger partial charge is 0.443 e. The summed E-state index contributed by atoms with van der Waals surface area (Å²) in [4.78, 5) is 29.7. The second-order valence-corrected chi connectivity index (χ2v) is 10.9. The number of anilines is 1. The van der Waals surface area contributed by atoms with Crippen LogP contribution in [0.15, 0.2) is 71.6 Å². The molecule has 5 heteroatoms. The predicted molar refractivity (Wildman–Crippen MR) is 134 cm³/mol. The summed E-state index contributed by atoms with van der Waals surface area (Å²) in [6, 6.07) is 21.8. The van der Waals surface area contributed by atoms with Gasteiger partial charge in [-0.2, -0.15) is 0 Å². The van der Waals surface area contributed by atoms with Crippen LogP contribution < -0.4 is 4.90 Å². The number of amides is 2. The lowest BCUT2D eigenvalue weighted by atomic mass is 9.89. The molecule has 4 rings (SSSR count). The minimum absolute atomic E-state index is 0.312. The highest BCUT2D eigenvalue weighted by molar-refractivity contribution is 8.01. The van der Waals surface area contributed by atoms with Crippen LogP contribution in [0.2, 0.25) is 0 Å². The number of rotatable bonds is 3. The fraction of sp³-hybridized carbons (Fsp3) is 0.286. The average molecular weight is 460 g/mol. The lowest BCUT2D eigenvalue weighted by Gasteiger charge is -2.30. The van der Waals surface area contributed by atoms with Gasteiger partial charge >= 0.3 is 6.09 Å². The third kappa shape index (κ3) is 4.30. The lowest BCUT2D eigenvalue weighted by molar-refractivity contribution is -0.119. The van der Waals surface area contributed by atoms with Gasteiger partial charge in [0.1, 0.15) is 5.60 Å². The number of carbonyl (C=O) groups is 2. The molecule has 4 nitrogen and oxygen atoms in total. The Morgan fingerprint density at radius 1 is 0.879 bits per heavy atom. The zero-order valence-corrected chi connectivity index (χ0v) is 20.7. The average Bonchev–Trinajstić information content (AvgIpc) is 2.97. The molecule has 0 bridgehead atoms. The van der Waals surface area contributed by atoms with Crippen molar-refractivity contribution in [1.29, 1.82) is 0 Å². The SMILES string of the molecule is Cc1ccc(S[C@]2(c3cc(C)cc(C)c3)C(=O)N(C(=O)OC(C)(C)C)c3ccccc32)cc1. The number of imide groups is 1. The summed E-state index contributed by atoms with van der Waals surface area (Å²) in [5.41, 5.74) is 4.76. The molecular weight excluding hydrogens is 430 g/mol. The Balaban J connectivity index is 1.96. The van der Waals surface area contributed by atoms with E-state index in [1.807, 2.05) is 81.4 Å². The number of hydrogen-bond acceptors (Lipinski definition) is 4. The monoisotopic (exact) mass is 459 g/mol. The molecular formula is C28H29NO3S. The first kappa shape index (κ1) is 23.1. The van der Waals surface area contributed by atoms with Gasteiger partial charge in [0.05, 0.1) is 5.69 Å². The minimum atomic E-state index is -1.11. The fourth-order valence-electron chi connectivity index (χ4n) is 4.23. The molecule has 0 spiro atoms. The molecule has 3 aromatic rings. The van der Waals surface area contributed by atoms with E-state index >= 15 is 0 Å². The van der Waals surface area contributed by atoms with Gasteiger partial charge in [-0.1, -0.05) is 77.0 Å². The lowest BCUT2D eigenvalue weighted by Crippen LogP contribution is -2.44. The molecule has 170 valence electrons. The van der Waals surface area contributed by atoms with Crippen molar-refractivity contribution in [3.8, 4) is 0 Å². The maximum absolute atomic E-state index is 14.3. The van der Waals surface area contributed by atoms with Gasteiger partial charge < -0.3 is 4.74 Å². The second-order valence-electron chi connectivity index (χ2n) is 9.61. The summed E-state index contributed by atoms with van der Waals surface area (Å²) in [6.07, 6.45) is -0.657. The van der Waals surface area contributed by atoms with Gasteiger partial charge in [0.2, 0.25) is 0 Å². The maximum atomic E-state index is 14.3. The van der Waals surface area contributed by atoms with Crippen molar-refractivity contribution < 1.29 is 14.3 Å². The first-order chi connectivity index (χ1) is 15.5. The van der Waals surface area contributed by atoms with Crippen molar-refractivity contribution in [2.75, 3.05) is 4.90 Å². The van der Waals surface area contributed by atoms with Crippen LogP contribution in [0, 0.1) is 20.8 Å². The number of hydrogen-bond donors (Lipinski definition) is 0. The molecule has 0 saturated carbocycles. The molecule has 3 aromatic carbocycles. The fourth-order valence-corrected chi connectivity index (χ4v) is 5.56. The smallest absolute Gasteiger partial charge is 0.421 e. The van der Waals surface area contributed by atoms with Crippen LogP contribution in [0.4, 0.5) is 10.5 Å². The molecule has 0 N–H and O–H groups in total. The summed E-state index contributed by atoms with van der Waals surface area (Å²) in [5.74, 6) is -0.312. The van der Waals surface area contributed by atoms with Gasteiger partial charge in [-0.05, 0) is 65.3 Å². The third-order valence-electron chi connectivity index (χ3n) is 5.52. The quantitative estimate of drug-likeness (QED) is 0.426. The molecule has 1 heterocycles. The summed E-state index contributed by atoms with van der Waals surface area (Å²) in [6.45, 7) is 11.5. The predicted octanol–water partition coefficient (Wildman–Crippen LogP) is 6.93. The number of carbonyl (C=O) groups excluding carboxylic acids is 2. The summed E-state index contributed by atoms with van der Waals surface area (Å²) in [5, 5.41) is 0. The van der Waals surface area contributed by atoms with Crippen LogP contribution in [0.5, 0.6) is 0 Å². The van der Waals surface area contributed by atoms with Gasteiger partial charge in [0.15, 0.2) is 4.75 Å². The molecule has 0 aliphatic carbocycles. The van der Waals surface area contributed by atoms with Crippen LogP contribution in [0.3, 0.4) is 0 Å². The Morgan fingerprint density at radius 2 is 1.48 bits per heavy atom. The molecule has 0 saturated heterocycles. The number of nitrogens with zero attached hydrogens (tertiary/aromatic N) is 1. The Labute approximate surface area is 200 Å². The van der Waals surface area contributed by atoms with E-state index in [0.717, 1.165) is 32.7 Å². The standard InChI is InChI=1S/C28H29NO3S/c1-18-11-13-22(14-12-18)33-28(21-16-19(2)15-20(3)17-21)23-9-7-8-10-24(23)29(25(28)30)26(31)32-27(4,5)6/h7-17H,1-6H3/t28-/m0/s1. The van der Waals surface area contributed by atoms with Crippen molar-refractivity contribution in [1.82, 2.24) is 0 Å². The van der Waals surface area contributed by atoms with Gasteiger partial charge in [-0.25, -0.2) is 9.69 Å². The molecule has 0 radical (unpaired) electrons. The van der Waals surface area contributed by atoms with Crippen LogP contribution in [-0.4, -0.2) is 17.6 Å². The number of fused-ring (bicyclic) bond motifs is 1. The summed E-state index contributed by atoms with van der Waals surface area (Å²) in [7, 11) is 0. The first-order valence-corrected chi connectivity index (χ1v) is 11.8. The Bertz CT molecular complexity index is 1210. The van der Waals surface area contributed by atoms with E-state index in [1.165, 1.54) is 16.7 Å². The Hall–Kier alpha value is -3.05. The van der Waals surface area contributed by atoms with Crippen LogP contribution in [-0.2, 0) is 14.3 Å². The topological polar surface area (TPSA) is 46.6 Å². The number of ether oxygens (including phenoxy) is 1. The van der Waals surface area contributed by atoms with Gasteiger partial charge in [-0.3, -0.25) is 4.79 Å². The second kappa shape index (κ2) is 8.38. The van der Waals surface area contributed by atoms with E-state index in [1.54, 1.807) is 20.8 Å². The highest BCUT2D eigenvalue weighted by atomic mass is 32.2. The van der Waals surface area contributed by atoms with Crippen molar-refractivity contribution in [3.05, 3.63) is 94.5 Å². The Kier molecular flexibility index (Phi) is 5.87. The molecule has 0 fully saturated rings. The molecule has 0 aromatic heterocycles. The molecule has 1 atom stereocenters. The first-order valence-electron chi connectivity index (χ1n) is 11.0. The van der Waals surface area contributed by atoms with Crippen molar-refractivity contribution in [2.45, 2.75) is 56.8 Å². The molecule has 1 aliphatic heterocycles. The maximum Gasteiger partial charge on any atom is 0.421 e. The van der Waals surface area contributed by atoms with Crippen molar-refractivity contribution in [3.63, 3.8) is 0 Å². The molecule has 1 aliphatic rings. The number of thioether (sulfide) groups is 1. The number of benzene rings is 3. The molecule has 2 amide bonds. The zero-order chi connectivity index (χ0) is 24.0. The van der Waals surface area contributed by atoms with Gasteiger partial charge in [0, 0.05) is 10.5 Å². The van der Waals surface area contributed by atoms with Crippen LogP contribution in [0.1, 0.15) is 48.6 Å². The highest BCUT2D eigenvalue weighted by Gasteiger charge is 2.56. The summed E-state index contributed by atoms with van der Waals surface area (Å²) < 4.78 is 4.54. The molecule has 0 unspecified atom stereocenters. The van der Waals surface area contributed by atoms with E-state index in [-0.39, 0.29) is 5.91 Å². The van der Waals surface area contributed by atoms with E-state index in [4.69, 9.17) is 4.74 Å². The van der Waals surface area contributed by atoms with E-state index < -0.39 is 16.4 Å². The zero-order valence-electron chi connectivity index (χ0n) is 19.9. The van der Waals surface area contributed by atoms with Gasteiger partial charge in [-0.15, -0.1) is 0 Å². The summed E-state index contributed by atoms with van der Waals surface area (Å²) >= 11 is 1.47. The van der Waals surface area contributed by atoms with Gasteiger partial charge in [0.25, 0.3) is 5.91 Å². The van der Waals surface area contributed by atoms with Crippen LogP contribution in [0.25, 0.3) is 0 Å². The van der Waals surface area contributed by atoms with E-state index in [2.05, 4.69) is 6.07 Å². The normalized spacial score (nSPS) is 17.8. The van der Waals surface area contributed by atoms with Crippen LogP contribution >= 0.6 is 11.8 Å². The third-order valence-corrected chi connectivity index (χ3v) is 6.97. The van der Waals surface area contributed by atoms with Crippen molar-refractivity contribution in [2.24, 2.45) is 0 Å². The molecule has 33 heavy (non-hydrogen) atoms. The number of aryl methyl sites for hydroxylation is 3. The Morgan fingerprint density at radius 3 is 2.09 bits per heavy atom. The number of para-hydroxylation sites is 1. The van der Waals surface area contributed by atoms with E-state index in [9.17, 15) is 9.59 Å². The minimum Gasteiger partial charge on any atom is -0.443 e. The highest BCUT2D eigenvalue weighted by Crippen LogP contribution is 2.55. The van der Waals surface area contributed by atoms with Crippen molar-refractivity contribution >= 4 is 29.4 Å².